The lowest BCUT2D eigenvalue weighted by atomic mass is 10.2. The van der Waals surface area contributed by atoms with E-state index in [4.69, 9.17) is 0 Å². The molecule has 2 rings (SSSR count). The molecule has 0 bridgehead atoms. The van der Waals surface area contributed by atoms with E-state index in [9.17, 15) is 0 Å². The zero-order chi connectivity index (χ0) is 13.1. The van der Waals surface area contributed by atoms with Gasteiger partial charge >= 0.3 is 0 Å². The quantitative estimate of drug-likeness (QED) is 0.869. The lowest BCUT2D eigenvalue weighted by Gasteiger charge is -2.15. The van der Waals surface area contributed by atoms with Crippen molar-refractivity contribution in [3.8, 4) is 0 Å². The van der Waals surface area contributed by atoms with E-state index in [2.05, 4.69) is 32.2 Å². The van der Waals surface area contributed by atoms with Crippen LogP contribution in [0.1, 0.15) is 42.4 Å². The Kier molecular flexibility index (Phi) is 3.60. The van der Waals surface area contributed by atoms with E-state index in [0.717, 1.165) is 35.3 Å². The Morgan fingerprint density at radius 2 is 2.06 bits per heavy atom. The summed E-state index contributed by atoms with van der Waals surface area (Å²) in [6.45, 7) is 7.99. The molecular formula is C13H19N5. The largest absolute Gasteiger partial charge is 0.360 e. The number of aromatic nitrogens is 4. The zero-order valence-corrected chi connectivity index (χ0v) is 11.3. The Balaban J connectivity index is 2.20. The minimum Gasteiger partial charge on any atom is -0.360 e. The van der Waals surface area contributed by atoms with Gasteiger partial charge in [0.25, 0.3) is 0 Å². The van der Waals surface area contributed by atoms with E-state index in [1.807, 2.05) is 33.0 Å². The number of imidazole rings is 1. The van der Waals surface area contributed by atoms with Crippen LogP contribution in [0, 0.1) is 20.8 Å². The molecule has 96 valence electrons. The van der Waals surface area contributed by atoms with Crippen LogP contribution in [-0.4, -0.2) is 19.9 Å². The fraction of sp³-hybridized carbons (Fsp3) is 0.462. The number of nitrogens with one attached hydrogen (secondary N) is 2. The van der Waals surface area contributed by atoms with Crippen molar-refractivity contribution < 1.29 is 0 Å². The highest BCUT2D eigenvalue weighted by molar-refractivity contribution is 5.37. The van der Waals surface area contributed by atoms with Crippen molar-refractivity contribution >= 4 is 5.82 Å². The van der Waals surface area contributed by atoms with Gasteiger partial charge in [-0.15, -0.1) is 0 Å². The van der Waals surface area contributed by atoms with Gasteiger partial charge in [0.1, 0.15) is 17.5 Å². The van der Waals surface area contributed by atoms with Crippen molar-refractivity contribution in [2.75, 3.05) is 5.32 Å². The highest BCUT2D eigenvalue weighted by atomic mass is 15.1. The molecular weight excluding hydrogens is 226 g/mol. The molecule has 5 nitrogen and oxygen atoms in total. The minimum absolute atomic E-state index is 0.146. The van der Waals surface area contributed by atoms with Crippen molar-refractivity contribution in [2.24, 2.45) is 0 Å². The summed E-state index contributed by atoms with van der Waals surface area (Å²) in [5.41, 5.74) is 2.04. The zero-order valence-electron chi connectivity index (χ0n) is 11.3. The van der Waals surface area contributed by atoms with Gasteiger partial charge in [0.05, 0.1) is 6.04 Å². The lowest BCUT2D eigenvalue weighted by molar-refractivity contribution is 0.697. The average Bonchev–Trinajstić information content (AvgIpc) is 2.71. The molecule has 0 fully saturated rings. The van der Waals surface area contributed by atoms with E-state index in [0.29, 0.717) is 0 Å². The fourth-order valence-corrected chi connectivity index (χ4v) is 1.94. The van der Waals surface area contributed by atoms with Crippen LogP contribution < -0.4 is 5.32 Å². The fourth-order valence-electron chi connectivity index (χ4n) is 1.94. The van der Waals surface area contributed by atoms with Gasteiger partial charge in [-0.25, -0.2) is 15.0 Å². The monoisotopic (exact) mass is 245 g/mol. The van der Waals surface area contributed by atoms with E-state index in [1.165, 1.54) is 0 Å². The molecule has 0 aliphatic carbocycles. The number of anilines is 1. The van der Waals surface area contributed by atoms with Gasteiger partial charge in [0.2, 0.25) is 0 Å². The Bertz CT molecular complexity index is 512. The van der Waals surface area contributed by atoms with E-state index in [-0.39, 0.29) is 6.04 Å². The number of H-pyrrole nitrogens is 1. The summed E-state index contributed by atoms with van der Waals surface area (Å²) in [5, 5.41) is 3.40. The van der Waals surface area contributed by atoms with Gasteiger partial charge < -0.3 is 10.3 Å². The maximum absolute atomic E-state index is 4.39. The van der Waals surface area contributed by atoms with Gasteiger partial charge in [-0.2, -0.15) is 0 Å². The van der Waals surface area contributed by atoms with Crippen molar-refractivity contribution in [2.45, 2.75) is 40.2 Å². The van der Waals surface area contributed by atoms with Crippen molar-refractivity contribution in [1.29, 1.82) is 0 Å². The summed E-state index contributed by atoms with van der Waals surface area (Å²) in [4.78, 5) is 16.3. The minimum atomic E-state index is 0.146. The molecule has 0 amide bonds. The summed E-state index contributed by atoms with van der Waals surface area (Å²) >= 11 is 0. The highest BCUT2D eigenvalue weighted by Gasteiger charge is 2.13. The van der Waals surface area contributed by atoms with Crippen LogP contribution in [0.15, 0.2) is 12.3 Å². The molecule has 0 aliphatic heterocycles. The summed E-state index contributed by atoms with van der Waals surface area (Å²) in [6, 6.07) is 2.10. The van der Waals surface area contributed by atoms with E-state index in [1.54, 1.807) is 0 Å². The van der Waals surface area contributed by atoms with Crippen LogP contribution in [0.4, 0.5) is 5.82 Å². The third kappa shape index (κ3) is 2.85. The van der Waals surface area contributed by atoms with Gasteiger partial charge in [-0.3, -0.25) is 0 Å². The maximum Gasteiger partial charge on any atom is 0.130 e. The first-order chi connectivity index (χ1) is 8.58. The molecule has 0 aromatic carbocycles. The molecule has 5 heteroatoms. The Hall–Kier alpha value is -1.91. The Morgan fingerprint density at radius 1 is 1.28 bits per heavy atom. The number of aromatic amines is 1. The van der Waals surface area contributed by atoms with Crippen LogP contribution in [0.2, 0.25) is 0 Å². The summed E-state index contributed by atoms with van der Waals surface area (Å²) < 4.78 is 0. The van der Waals surface area contributed by atoms with Crippen molar-refractivity contribution in [3.63, 3.8) is 0 Å². The maximum atomic E-state index is 4.39. The molecule has 0 radical (unpaired) electrons. The molecule has 2 aromatic rings. The normalized spacial score (nSPS) is 12.4. The topological polar surface area (TPSA) is 66.5 Å². The van der Waals surface area contributed by atoms with E-state index >= 15 is 0 Å². The van der Waals surface area contributed by atoms with Gasteiger partial charge in [0, 0.05) is 23.7 Å². The molecule has 1 unspecified atom stereocenters. The number of nitrogens with zero attached hydrogens (tertiary/aromatic N) is 3. The number of aryl methyl sites for hydroxylation is 3. The molecule has 0 saturated heterocycles. The molecule has 0 spiro atoms. The standard InChI is InChI=1S/C13H19N5/c1-5-11(13-14-7-9(3)16-13)18-12-6-8(2)15-10(4)17-12/h6-7,11H,5H2,1-4H3,(H,14,16)(H,15,17,18). The third-order valence-corrected chi connectivity index (χ3v) is 2.75. The second-order valence-corrected chi connectivity index (χ2v) is 4.50. The average molecular weight is 245 g/mol. The molecule has 2 heterocycles. The first-order valence-electron chi connectivity index (χ1n) is 6.18. The van der Waals surface area contributed by atoms with Crippen LogP contribution in [-0.2, 0) is 0 Å². The van der Waals surface area contributed by atoms with Crippen LogP contribution in [0.25, 0.3) is 0 Å². The summed E-state index contributed by atoms with van der Waals surface area (Å²) in [6.07, 6.45) is 2.78. The second-order valence-electron chi connectivity index (χ2n) is 4.50. The smallest absolute Gasteiger partial charge is 0.130 e. The molecule has 1 atom stereocenters. The lowest BCUT2D eigenvalue weighted by Crippen LogP contribution is -2.13. The highest BCUT2D eigenvalue weighted by Crippen LogP contribution is 2.19. The van der Waals surface area contributed by atoms with E-state index < -0.39 is 0 Å². The number of hydrogen-bond acceptors (Lipinski definition) is 4. The van der Waals surface area contributed by atoms with Crippen LogP contribution in [0.5, 0.6) is 0 Å². The molecule has 2 aromatic heterocycles. The van der Waals surface area contributed by atoms with Gasteiger partial charge in [-0.05, 0) is 27.2 Å². The van der Waals surface area contributed by atoms with Crippen LogP contribution >= 0.6 is 0 Å². The first-order valence-corrected chi connectivity index (χ1v) is 6.18. The Labute approximate surface area is 107 Å². The third-order valence-electron chi connectivity index (χ3n) is 2.75. The predicted octanol–water partition coefficient (Wildman–Crippen LogP) is 2.69. The molecule has 2 N–H and O–H groups in total. The summed E-state index contributed by atoms with van der Waals surface area (Å²) in [7, 11) is 0. The second kappa shape index (κ2) is 5.16. The molecule has 18 heavy (non-hydrogen) atoms. The van der Waals surface area contributed by atoms with Crippen molar-refractivity contribution in [3.05, 3.63) is 35.3 Å². The SMILES string of the molecule is CCC(Nc1cc(C)nc(C)n1)c1ncc(C)[nH]1. The number of hydrogen-bond donors (Lipinski definition) is 2. The van der Waals surface area contributed by atoms with Crippen LogP contribution in [0.3, 0.4) is 0 Å². The molecule has 0 saturated carbocycles. The van der Waals surface area contributed by atoms with Gasteiger partial charge in [-0.1, -0.05) is 6.92 Å². The summed E-state index contributed by atoms with van der Waals surface area (Å²) in [5.74, 6) is 2.58. The number of rotatable bonds is 4. The predicted molar refractivity (Wildman–Crippen MR) is 71.5 cm³/mol. The van der Waals surface area contributed by atoms with Crippen molar-refractivity contribution in [1.82, 2.24) is 19.9 Å². The Morgan fingerprint density at radius 3 is 2.61 bits per heavy atom. The molecule has 0 aliphatic rings. The first kappa shape index (κ1) is 12.5. The van der Waals surface area contributed by atoms with Gasteiger partial charge in [0.15, 0.2) is 0 Å².